The molecule has 22 nitrogen and oxygen atoms in total. The number of likely N-dealkylation sites (N-methyl/N-ethyl adjacent to an activating group) is 1. The number of carbonyl (C=O) groups is 4. The Hall–Kier alpha value is -8.92. The Kier molecular flexibility index (Phi) is 16.0. The number of ether oxygens (including phenoxy) is 2. The molecule has 0 bridgehead atoms. The average molecular weight is 1050 g/mol. The maximum Gasteiger partial charge on any atom is 0.289 e. The van der Waals surface area contributed by atoms with Gasteiger partial charge in [-0.3, -0.25) is 43.9 Å². The van der Waals surface area contributed by atoms with E-state index in [1.165, 1.54) is 25.6 Å². The number of piperazine rings is 1. The zero-order chi connectivity index (χ0) is 54.3. The van der Waals surface area contributed by atoms with Crippen molar-refractivity contribution in [1.82, 2.24) is 55.0 Å². The topological polar surface area (TPSA) is 271 Å². The third-order valence-electron chi connectivity index (χ3n) is 13.6. The van der Waals surface area contributed by atoms with Gasteiger partial charge in [-0.25, -0.2) is 15.0 Å². The van der Waals surface area contributed by atoms with Crippen molar-refractivity contribution < 1.29 is 38.9 Å². The number of aromatic hydroxyl groups is 2. The molecule has 2 aromatic heterocycles. The fourth-order valence-corrected chi connectivity index (χ4v) is 9.40. The van der Waals surface area contributed by atoms with Gasteiger partial charge < -0.3 is 40.5 Å². The van der Waals surface area contributed by atoms with Crippen molar-refractivity contribution in [2.45, 2.75) is 52.5 Å². The van der Waals surface area contributed by atoms with Crippen molar-refractivity contribution in [1.29, 1.82) is 0 Å². The van der Waals surface area contributed by atoms with Crippen LogP contribution < -0.4 is 25.8 Å². The summed E-state index contributed by atoms with van der Waals surface area (Å²) in [7, 11) is 3.29. The van der Waals surface area contributed by atoms with Gasteiger partial charge in [0.15, 0.2) is 17.3 Å². The quantitative estimate of drug-likeness (QED) is 0.0745. The Morgan fingerprint density at radius 3 is 2.22 bits per heavy atom. The number of phenols is 2. The Labute approximate surface area is 445 Å². The number of aromatic nitrogens is 5. The Morgan fingerprint density at radius 1 is 0.831 bits per heavy atom. The normalized spacial score (nSPS) is 14.1. The number of carbonyl (C=O) groups excluding carboxylic acids is 4. The number of guanidine groups is 1. The van der Waals surface area contributed by atoms with E-state index in [0.717, 1.165) is 22.3 Å². The van der Waals surface area contributed by atoms with Gasteiger partial charge >= 0.3 is 0 Å². The minimum Gasteiger partial charge on any atom is -0.508 e. The second kappa shape index (κ2) is 23.3. The molecule has 0 atom stereocenters. The SMILES string of the molecule is CCNC(=O)c1nnc(-c2cc(C(C)C)c(O)cc2O)n1-c1ccc(CN2CCN(C(=O)Cc3ccc(CC(=O)N(C)CCCOc4ccc5c(c4OC)N=C(NC(=O)c4cnc(N)nc4)N4CCN=C54)cc3)CC2)cc1. The molecule has 0 aliphatic carbocycles. The summed E-state index contributed by atoms with van der Waals surface area (Å²) >= 11 is 0. The molecule has 9 rings (SSSR count). The van der Waals surface area contributed by atoms with E-state index in [-0.39, 0.29) is 71.2 Å². The van der Waals surface area contributed by atoms with E-state index in [1.807, 2.05) is 85.2 Å². The lowest BCUT2D eigenvalue weighted by molar-refractivity contribution is -0.132. The van der Waals surface area contributed by atoms with Crippen LogP contribution in [0.15, 0.2) is 95.2 Å². The lowest BCUT2D eigenvalue weighted by atomic mass is 9.98. The van der Waals surface area contributed by atoms with Crippen LogP contribution in [0.4, 0.5) is 11.6 Å². The first-order chi connectivity index (χ1) is 37.2. The molecule has 6 N–H and O–H groups in total. The van der Waals surface area contributed by atoms with Crippen LogP contribution in [0.1, 0.15) is 81.9 Å². The van der Waals surface area contributed by atoms with Crippen molar-refractivity contribution in [2.24, 2.45) is 9.98 Å². The average Bonchev–Trinajstić information content (AvgIpc) is 4.16. The number of fused-ring (bicyclic) bond motifs is 3. The molecule has 22 heteroatoms. The number of benzene rings is 4. The molecule has 1 fully saturated rings. The number of nitrogens with one attached hydrogen (secondary N) is 2. The first kappa shape index (κ1) is 52.9. The molecule has 5 heterocycles. The number of anilines is 1. The van der Waals surface area contributed by atoms with Gasteiger partial charge in [0.2, 0.25) is 29.5 Å². The summed E-state index contributed by atoms with van der Waals surface area (Å²) in [6, 6.07) is 22.0. The van der Waals surface area contributed by atoms with Crippen molar-refractivity contribution in [3.63, 3.8) is 0 Å². The van der Waals surface area contributed by atoms with E-state index in [4.69, 9.17) is 20.2 Å². The number of nitrogens with two attached hydrogens (primary N) is 1. The molecule has 0 unspecified atom stereocenters. The van der Waals surface area contributed by atoms with Crippen molar-refractivity contribution in [3.8, 4) is 40.1 Å². The number of hydrogen-bond donors (Lipinski definition) is 5. The van der Waals surface area contributed by atoms with Crippen LogP contribution in [0, 0.1) is 0 Å². The fourth-order valence-electron chi connectivity index (χ4n) is 9.40. The molecule has 0 radical (unpaired) electrons. The van der Waals surface area contributed by atoms with E-state index < -0.39 is 11.8 Å². The highest BCUT2D eigenvalue weighted by atomic mass is 16.5. The number of rotatable bonds is 18. The Balaban J connectivity index is 0.729. The van der Waals surface area contributed by atoms with E-state index in [1.54, 1.807) is 28.6 Å². The first-order valence-electron chi connectivity index (χ1n) is 25.5. The highest BCUT2D eigenvalue weighted by Crippen LogP contribution is 2.43. The highest BCUT2D eigenvalue weighted by molar-refractivity contribution is 6.20. The molecular formula is C55H62N14O8. The zero-order valence-electron chi connectivity index (χ0n) is 43.7. The summed E-state index contributed by atoms with van der Waals surface area (Å²) in [6.45, 7) is 11.1. The number of phenolic OH excluding ortho intramolecular Hbond substituents is 2. The van der Waals surface area contributed by atoms with Crippen LogP contribution in [-0.4, -0.2) is 163 Å². The minimum absolute atomic E-state index is 0.0277. The number of nitrogen functional groups attached to an aromatic ring is 1. The van der Waals surface area contributed by atoms with Gasteiger partial charge in [0.1, 0.15) is 23.0 Å². The molecule has 0 spiro atoms. The number of nitrogens with zero attached hydrogens (tertiary/aromatic N) is 11. The lowest BCUT2D eigenvalue weighted by Gasteiger charge is -2.35. The predicted molar refractivity (Wildman–Crippen MR) is 288 cm³/mol. The van der Waals surface area contributed by atoms with Crippen LogP contribution in [0.25, 0.3) is 17.1 Å². The lowest BCUT2D eigenvalue weighted by Crippen LogP contribution is -2.48. The zero-order valence-corrected chi connectivity index (χ0v) is 43.7. The number of methoxy groups -OCH3 is 1. The van der Waals surface area contributed by atoms with Crippen LogP contribution in [0.5, 0.6) is 23.0 Å². The number of hydrogen-bond acceptors (Lipinski definition) is 17. The van der Waals surface area contributed by atoms with Crippen molar-refractivity contribution in [2.75, 3.05) is 78.9 Å². The molecule has 4 aromatic carbocycles. The molecular weight excluding hydrogens is 985 g/mol. The molecule has 3 aliphatic rings. The highest BCUT2D eigenvalue weighted by Gasteiger charge is 2.34. The van der Waals surface area contributed by atoms with Gasteiger partial charge in [-0.2, -0.15) is 0 Å². The van der Waals surface area contributed by atoms with Crippen LogP contribution in [-0.2, 0) is 29.0 Å². The molecule has 1 saturated heterocycles. The summed E-state index contributed by atoms with van der Waals surface area (Å²) in [5, 5.41) is 35.5. The monoisotopic (exact) mass is 1050 g/mol. The third kappa shape index (κ3) is 11.8. The third-order valence-corrected chi connectivity index (χ3v) is 13.6. The standard InChI is InChI=1S/C55H62N14O8/c1-6-57-53(75)51-64-63-50(41-28-40(33(2)3)42(70)29-43(41)71)69(51)38-14-12-36(13-15-38)32-66-21-23-67(24-22-66)46(73)27-35-10-8-34(9-11-35)26-45(72)65(4)19-7-25-77-44-17-16-39-47(48(44)76-5)61-55(68-20-18-58-49(39)68)62-52(74)37-30-59-54(56)60-31-37/h8-17,28-31,33,70-71H,6-7,18-27,32H2,1-5H3,(H,57,75)(H2,56,59,60)(H,61,62,74). The number of amidine groups is 1. The summed E-state index contributed by atoms with van der Waals surface area (Å²) in [6.07, 6.45) is 3.70. The fraction of sp³-hybridized carbons (Fsp3) is 0.345. The smallest absolute Gasteiger partial charge is 0.289 e. The second-order valence-electron chi connectivity index (χ2n) is 19.2. The molecule has 400 valence electrons. The van der Waals surface area contributed by atoms with Gasteiger partial charge in [0.25, 0.3) is 11.8 Å². The van der Waals surface area contributed by atoms with Gasteiger partial charge in [-0.05, 0) is 71.8 Å². The van der Waals surface area contributed by atoms with Crippen molar-refractivity contribution >= 4 is 47.1 Å². The maximum atomic E-state index is 13.5. The molecule has 77 heavy (non-hydrogen) atoms. The van der Waals surface area contributed by atoms with Crippen LogP contribution in [0.3, 0.4) is 0 Å². The Morgan fingerprint density at radius 2 is 1.53 bits per heavy atom. The van der Waals surface area contributed by atoms with E-state index in [2.05, 4.69) is 40.7 Å². The number of aliphatic imine (C=N–C) groups is 2. The predicted octanol–water partition coefficient (Wildman–Crippen LogP) is 4.45. The summed E-state index contributed by atoms with van der Waals surface area (Å²) in [5.74, 6) is 1.06. The molecule has 3 aliphatic heterocycles. The van der Waals surface area contributed by atoms with Crippen LogP contribution >= 0.6 is 0 Å². The first-order valence-corrected chi connectivity index (χ1v) is 25.5. The summed E-state index contributed by atoms with van der Waals surface area (Å²) in [4.78, 5) is 77.9. The molecule has 0 saturated carbocycles. The van der Waals surface area contributed by atoms with E-state index in [9.17, 15) is 29.4 Å². The van der Waals surface area contributed by atoms with E-state index >= 15 is 0 Å². The minimum atomic E-state index is -0.454. The van der Waals surface area contributed by atoms with Crippen molar-refractivity contribution in [3.05, 3.63) is 124 Å². The van der Waals surface area contributed by atoms with Gasteiger partial charge in [-0.15, -0.1) is 10.2 Å². The van der Waals surface area contributed by atoms with Crippen LogP contribution in [0.2, 0.25) is 0 Å². The summed E-state index contributed by atoms with van der Waals surface area (Å²) in [5.41, 5.74) is 11.4. The van der Waals surface area contributed by atoms with E-state index in [0.29, 0.717) is 112 Å². The van der Waals surface area contributed by atoms with Gasteiger partial charge in [0.05, 0.1) is 44.2 Å². The Bertz CT molecular complexity index is 3220. The summed E-state index contributed by atoms with van der Waals surface area (Å²) < 4.78 is 13.6. The molecule has 4 amide bonds. The largest absolute Gasteiger partial charge is 0.508 e. The number of amides is 4. The second-order valence-corrected chi connectivity index (χ2v) is 19.2. The molecule has 6 aromatic rings. The maximum absolute atomic E-state index is 13.5. The van der Waals surface area contributed by atoms with Gasteiger partial charge in [-0.1, -0.05) is 50.2 Å². The van der Waals surface area contributed by atoms with Gasteiger partial charge in [0, 0.05) is 89.1 Å².